The quantitative estimate of drug-likeness (QED) is 0.813. The van der Waals surface area contributed by atoms with Gasteiger partial charge in [-0.2, -0.15) is 0 Å². The van der Waals surface area contributed by atoms with Gasteiger partial charge in [0.05, 0.1) is 0 Å². The first-order valence-corrected chi connectivity index (χ1v) is 8.12. The highest BCUT2D eigenvalue weighted by molar-refractivity contribution is 5.44. The second-order valence-electron chi connectivity index (χ2n) is 8.31. The van der Waals surface area contributed by atoms with Crippen LogP contribution in [0.25, 0.3) is 0 Å². The molecule has 0 saturated heterocycles. The van der Waals surface area contributed by atoms with Gasteiger partial charge < -0.3 is 10.2 Å². The van der Waals surface area contributed by atoms with E-state index in [4.69, 9.17) is 0 Å². The molecule has 2 nitrogen and oxygen atoms in total. The molecule has 1 atom stereocenters. The molecule has 0 spiro atoms. The zero-order valence-corrected chi connectivity index (χ0v) is 15.0. The van der Waals surface area contributed by atoms with Gasteiger partial charge in [0.15, 0.2) is 0 Å². The van der Waals surface area contributed by atoms with Crippen LogP contribution in [0.15, 0.2) is 42.5 Å². The third kappa shape index (κ3) is 3.94. The van der Waals surface area contributed by atoms with Crippen molar-refractivity contribution in [2.24, 2.45) is 0 Å². The molecule has 2 heteroatoms. The minimum absolute atomic E-state index is 0.00549. The highest BCUT2D eigenvalue weighted by Crippen LogP contribution is 2.35. The molecule has 0 aliphatic carbocycles. The molecule has 0 aliphatic heterocycles. The number of phenolic OH excluding ortho intramolecular Hbond substituents is 1. The summed E-state index contributed by atoms with van der Waals surface area (Å²) in [5.41, 5.74) is 3.73. The molecular formula is C21H28O2. The molecule has 124 valence electrons. The van der Waals surface area contributed by atoms with Gasteiger partial charge in [0.1, 0.15) is 11.9 Å². The predicted octanol–water partition coefficient (Wildman–Crippen LogP) is 5.07. The molecule has 2 aromatic rings. The van der Waals surface area contributed by atoms with E-state index in [1.54, 1.807) is 18.2 Å². The summed E-state index contributed by atoms with van der Waals surface area (Å²) >= 11 is 0. The number of aromatic hydroxyl groups is 1. The van der Waals surface area contributed by atoms with Crippen LogP contribution in [0.3, 0.4) is 0 Å². The van der Waals surface area contributed by atoms with Gasteiger partial charge in [0, 0.05) is 5.56 Å². The van der Waals surface area contributed by atoms with Crippen LogP contribution < -0.4 is 0 Å². The molecule has 0 heterocycles. The molecule has 0 bridgehead atoms. The van der Waals surface area contributed by atoms with Gasteiger partial charge in [-0.1, -0.05) is 77.9 Å². The Morgan fingerprint density at radius 2 is 1.26 bits per heavy atom. The van der Waals surface area contributed by atoms with Crippen molar-refractivity contribution in [2.45, 2.75) is 58.5 Å². The normalized spacial score (nSPS) is 13.9. The highest BCUT2D eigenvalue weighted by Gasteiger charge is 2.23. The van der Waals surface area contributed by atoms with E-state index in [0.717, 1.165) is 5.56 Å². The van der Waals surface area contributed by atoms with E-state index in [1.165, 1.54) is 11.1 Å². The van der Waals surface area contributed by atoms with Crippen LogP contribution in [0.4, 0.5) is 0 Å². The van der Waals surface area contributed by atoms with E-state index in [-0.39, 0.29) is 16.6 Å². The van der Waals surface area contributed by atoms with E-state index in [9.17, 15) is 10.2 Å². The highest BCUT2D eigenvalue weighted by atomic mass is 16.3. The Labute approximate surface area is 139 Å². The largest absolute Gasteiger partial charge is 0.508 e. The van der Waals surface area contributed by atoms with Crippen LogP contribution in [0.5, 0.6) is 5.75 Å². The third-order valence-corrected chi connectivity index (χ3v) is 4.23. The summed E-state index contributed by atoms with van der Waals surface area (Å²) in [6, 6.07) is 13.3. The van der Waals surface area contributed by atoms with Crippen molar-refractivity contribution in [1.82, 2.24) is 0 Å². The molecule has 2 rings (SSSR count). The van der Waals surface area contributed by atoms with E-state index >= 15 is 0 Å². The lowest BCUT2D eigenvalue weighted by atomic mass is 9.78. The van der Waals surface area contributed by atoms with Gasteiger partial charge in [-0.25, -0.2) is 0 Å². The standard InChI is InChI=1S/C21H28O2/c1-20(2,3)15-11-14(12-16(13-15)21(4,5)6)19(23)17-9-7-8-10-18(17)22/h7-13,19,22-23H,1-6H3. The summed E-state index contributed by atoms with van der Waals surface area (Å²) in [7, 11) is 0. The molecule has 2 N–H and O–H groups in total. The second kappa shape index (κ2) is 6.01. The zero-order valence-electron chi connectivity index (χ0n) is 15.0. The van der Waals surface area contributed by atoms with Gasteiger partial charge in [0.25, 0.3) is 0 Å². The maximum Gasteiger partial charge on any atom is 0.121 e. The Kier molecular flexibility index (Phi) is 4.59. The lowest BCUT2D eigenvalue weighted by molar-refractivity contribution is 0.215. The van der Waals surface area contributed by atoms with Gasteiger partial charge >= 0.3 is 0 Å². The van der Waals surface area contributed by atoms with Gasteiger partial charge in [-0.05, 0) is 33.6 Å². The Morgan fingerprint density at radius 1 is 0.783 bits per heavy atom. The van der Waals surface area contributed by atoms with Crippen molar-refractivity contribution in [3.05, 3.63) is 64.7 Å². The van der Waals surface area contributed by atoms with Gasteiger partial charge in [-0.3, -0.25) is 0 Å². The van der Waals surface area contributed by atoms with Crippen molar-refractivity contribution in [3.8, 4) is 5.75 Å². The summed E-state index contributed by atoms with van der Waals surface area (Å²) in [6.45, 7) is 13.0. The average molecular weight is 312 g/mol. The number of aliphatic hydroxyl groups excluding tert-OH is 1. The van der Waals surface area contributed by atoms with Crippen LogP contribution in [0.2, 0.25) is 0 Å². The first kappa shape index (κ1) is 17.6. The summed E-state index contributed by atoms with van der Waals surface area (Å²) in [5.74, 6) is 0.124. The van der Waals surface area contributed by atoms with Crippen LogP contribution in [0, 0.1) is 0 Å². The molecule has 0 aliphatic rings. The van der Waals surface area contributed by atoms with E-state index in [0.29, 0.717) is 5.56 Å². The number of phenols is 1. The summed E-state index contributed by atoms with van der Waals surface area (Å²) < 4.78 is 0. The molecule has 0 radical (unpaired) electrons. The summed E-state index contributed by atoms with van der Waals surface area (Å²) in [5, 5.41) is 20.8. The molecule has 2 aromatic carbocycles. The molecule has 0 aromatic heterocycles. The summed E-state index contributed by atoms with van der Waals surface area (Å²) in [6.07, 6.45) is -0.834. The van der Waals surface area contributed by atoms with Crippen LogP contribution >= 0.6 is 0 Å². The maximum absolute atomic E-state index is 10.8. The Bertz CT molecular complexity index is 655. The Balaban J connectivity index is 2.60. The number of hydrogen-bond donors (Lipinski definition) is 2. The van der Waals surface area contributed by atoms with Crippen LogP contribution in [-0.4, -0.2) is 10.2 Å². The van der Waals surface area contributed by atoms with Crippen LogP contribution in [-0.2, 0) is 10.8 Å². The second-order valence-corrected chi connectivity index (χ2v) is 8.31. The SMILES string of the molecule is CC(C)(C)c1cc(C(O)c2ccccc2O)cc(C(C)(C)C)c1. The number of aliphatic hydroxyl groups is 1. The minimum atomic E-state index is -0.834. The van der Waals surface area contributed by atoms with Crippen molar-refractivity contribution in [1.29, 1.82) is 0 Å². The lowest BCUT2D eigenvalue weighted by Crippen LogP contribution is -2.18. The average Bonchev–Trinajstić information content (AvgIpc) is 2.45. The van der Waals surface area contributed by atoms with E-state index < -0.39 is 6.10 Å². The van der Waals surface area contributed by atoms with Gasteiger partial charge in [-0.15, -0.1) is 0 Å². The monoisotopic (exact) mass is 312 g/mol. The molecule has 0 amide bonds. The third-order valence-electron chi connectivity index (χ3n) is 4.23. The van der Waals surface area contributed by atoms with Crippen LogP contribution in [0.1, 0.15) is 69.9 Å². The van der Waals surface area contributed by atoms with Crippen molar-refractivity contribution in [3.63, 3.8) is 0 Å². The molecule has 0 saturated carbocycles. The predicted molar refractivity (Wildman–Crippen MR) is 96.0 cm³/mol. The Hall–Kier alpha value is -1.80. The number of hydrogen-bond acceptors (Lipinski definition) is 2. The summed E-state index contributed by atoms with van der Waals surface area (Å²) in [4.78, 5) is 0. The smallest absolute Gasteiger partial charge is 0.121 e. The first-order valence-electron chi connectivity index (χ1n) is 8.12. The van der Waals surface area contributed by atoms with Crippen molar-refractivity contribution >= 4 is 0 Å². The maximum atomic E-state index is 10.8. The van der Waals surface area contributed by atoms with Gasteiger partial charge in [0.2, 0.25) is 0 Å². The molecule has 1 unspecified atom stereocenters. The fourth-order valence-electron chi connectivity index (χ4n) is 2.57. The molecule has 0 fully saturated rings. The lowest BCUT2D eigenvalue weighted by Gasteiger charge is -2.27. The fraction of sp³-hybridized carbons (Fsp3) is 0.429. The molecular weight excluding hydrogens is 284 g/mol. The number of rotatable bonds is 2. The van der Waals surface area contributed by atoms with Crippen molar-refractivity contribution in [2.75, 3.05) is 0 Å². The number of para-hydroxylation sites is 1. The number of benzene rings is 2. The van der Waals surface area contributed by atoms with E-state index in [1.807, 2.05) is 18.2 Å². The Morgan fingerprint density at radius 3 is 1.70 bits per heavy atom. The van der Waals surface area contributed by atoms with Crippen molar-refractivity contribution < 1.29 is 10.2 Å². The molecule has 23 heavy (non-hydrogen) atoms. The van der Waals surface area contributed by atoms with E-state index in [2.05, 4.69) is 47.6 Å². The topological polar surface area (TPSA) is 40.5 Å². The minimum Gasteiger partial charge on any atom is -0.508 e. The zero-order chi connectivity index (χ0) is 17.4. The first-order chi connectivity index (χ1) is 10.5. The fourth-order valence-corrected chi connectivity index (χ4v) is 2.57.